The van der Waals surface area contributed by atoms with Crippen LogP contribution in [0.15, 0.2) is 120 Å². The van der Waals surface area contributed by atoms with Gasteiger partial charge in [-0.3, -0.25) is 0 Å². The van der Waals surface area contributed by atoms with Gasteiger partial charge in [0.2, 0.25) is 0 Å². The van der Waals surface area contributed by atoms with E-state index in [-0.39, 0.29) is 0 Å². The lowest BCUT2D eigenvalue weighted by atomic mass is 10.1. The largest absolute Gasteiger partial charge is 0.309 e. The molecule has 2 aromatic heterocycles. The Balaban J connectivity index is 1.58. The van der Waals surface area contributed by atoms with Crippen molar-refractivity contribution in [3.8, 4) is 11.4 Å². The summed E-state index contributed by atoms with van der Waals surface area (Å²) < 4.78 is 5.81. The SMILES string of the molecule is Brc1cccc(-n2c3ccccc3c3cc(-n4c5ccccc5c5ccccc54)ccc32)c1. The smallest absolute Gasteiger partial charge is 0.0542 e. The lowest BCUT2D eigenvalue weighted by Crippen LogP contribution is -1.95. The molecular weight excluding hydrogens is 468 g/mol. The first-order chi connectivity index (χ1) is 16.3. The maximum Gasteiger partial charge on any atom is 0.0542 e. The second-order valence-electron chi connectivity index (χ2n) is 8.40. The van der Waals surface area contributed by atoms with Crippen molar-refractivity contribution in [2.75, 3.05) is 0 Å². The molecule has 0 saturated heterocycles. The Morgan fingerprint density at radius 2 is 0.879 bits per heavy atom. The van der Waals surface area contributed by atoms with E-state index in [1.165, 1.54) is 49.3 Å². The van der Waals surface area contributed by atoms with Crippen LogP contribution in [-0.2, 0) is 0 Å². The van der Waals surface area contributed by atoms with Gasteiger partial charge in [-0.05, 0) is 54.6 Å². The van der Waals surface area contributed by atoms with Crippen molar-refractivity contribution >= 4 is 59.5 Å². The second kappa shape index (κ2) is 7.09. The fourth-order valence-corrected chi connectivity index (χ4v) is 5.58. The van der Waals surface area contributed by atoms with E-state index in [0.717, 1.165) is 10.2 Å². The van der Waals surface area contributed by atoms with Crippen molar-refractivity contribution in [1.29, 1.82) is 0 Å². The van der Waals surface area contributed by atoms with E-state index in [4.69, 9.17) is 0 Å². The molecule has 0 aliphatic heterocycles. The molecule has 0 spiro atoms. The molecule has 0 radical (unpaired) electrons. The third-order valence-electron chi connectivity index (χ3n) is 6.56. The summed E-state index contributed by atoms with van der Waals surface area (Å²) in [6.45, 7) is 0. The Labute approximate surface area is 199 Å². The molecule has 3 heteroatoms. The van der Waals surface area contributed by atoms with Crippen molar-refractivity contribution < 1.29 is 0 Å². The molecular formula is C30H19BrN2. The molecule has 0 aliphatic carbocycles. The number of fused-ring (bicyclic) bond motifs is 6. The predicted octanol–water partition coefficient (Wildman–Crippen LogP) is 8.64. The minimum Gasteiger partial charge on any atom is -0.309 e. The van der Waals surface area contributed by atoms with Gasteiger partial charge < -0.3 is 9.13 Å². The van der Waals surface area contributed by atoms with Gasteiger partial charge in [-0.1, -0.05) is 76.6 Å². The number of nitrogens with zero attached hydrogens (tertiary/aromatic N) is 2. The normalized spacial score (nSPS) is 11.8. The average Bonchev–Trinajstić information content (AvgIpc) is 3.37. The molecule has 0 N–H and O–H groups in total. The number of para-hydroxylation sites is 3. The number of benzene rings is 5. The van der Waals surface area contributed by atoms with Gasteiger partial charge >= 0.3 is 0 Å². The summed E-state index contributed by atoms with van der Waals surface area (Å²) in [5.74, 6) is 0. The zero-order valence-electron chi connectivity index (χ0n) is 17.7. The molecule has 0 fully saturated rings. The van der Waals surface area contributed by atoms with E-state index in [9.17, 15) is 0 Å². The molecule has 2 heterocycles. The van der Waals surface area contributed by atoms with Gasteiger partial charge in [0.1, 0.15) is 0 Å². The van der Waals surface area contributed by atoms with E-state index in [2.05, 4.69) is 140 Å². The minimum absolute atomic E-state index is 1.08. The van der Waals surface area contributed by atoms with E-state index >= 15 is 0 Å². The van der Waals surface area contributed by atoms with Gasteiger partial charge in [0, 0.05) is 37.4 Å². The van der Waals surface area contributed by atoms with Gasteiger partial charge in [-0.15, -0.1) is 0 Å². The number of aromatic nitrogens is 2. The lowest BCUT2D eigenvalue weighted by Gasteiger charge is -2.10. The molecule has 0 saturated carbocycles. The molecule has 2 nitrogen and oxygen atoms in total. The van der Waals surface area contributed by atoms with Gasteiger partial charge in [-0.25, -0.2) is 0 Å². The Hall–Kier alpha value is -3.82. The molecule has 33 heavy (non-hydrogen) atoms. The van der Waals surface area contributed by atoms with Gasteiger partial charge in [0.25, 0.3) is 0 Å². The van der Waals surface area contributed by atoms with Crippen molar-refractivity contribution in [3.63, 3.8) is 0 Å². The molecule has 0 amide bonds. The highest BCUT2D eigenvalue weighted by molar-refractivity contribution is 9.10. The summed E-state index contributed by atoms with van der Waals surface area (Å²) in [4.78, 5) is 0. The summed E-state index contributed by atoms with van der Waals surface area (Å²) in [6, 6.07) is 41.3. The van der Waals surface area contributed by atoms with Crippen LogP contribution in [0, 0.1) is 0 Å². The van der Waals surface area contributed by atoms with Crippen LogP contribution in [0.5, 0.6) is 0 Å². The van der Waals surface area contributed by atoms with Crippen molar-refractivity contribution in [2.45, 2.75) is 0 Å². The van der Waals surface area contributed by atoms with E-state index in [0.29, 0.717) is 0 Å². The quantitative estimate of drug-likeness (QED) is 0.231. The molecule has 0 atom stereocenters. The number of hydrogen-bond donors (Lipinski definition) is 0. The van der Waals surface area contributed by atoms with Crippen LogP contribution < -0.4 is 0 Å². The number of halogens is 1. The van der Waals surface area contributed by atoms with Crippen molar-refractivity contribution in [2.24, 2.45) is 0 Å². The standard InChI is InChI=1S/C30H19BrN2/c31-20-8-7-9-21(18-20)32-29-15-6-3-12-25(29)26-19-22(16-17-30(26)32)33-27-13-4-1-10-23(27)24-11-2-5-14-28(24)33/h1-19H. The van der Waals surface area contributed by atoms with Gasteiger partial charge in [-0.2, -0.15) is 0 Å². The highest BCUT2D eigenvalue weighted by Gasteiger charge is 2.16. The fraction of sp³-hybridized carbons (Fsp3) is 0. The minimum atomic E-state index is 1.08. The summed E-state index contributed by atoms with van der Waals surface area (Å²) in [5, 5.41) is 5.08. The first kappa shape index (κ1) is 18.7. The lowest BCUT2D eigenvalue weighted by molar-refractivity contribution is 1.16. The van der Waals surface area contributed by atoms with Crippen molar-refractivity contribution in [1.82, 2.24) is 9.13 Å². The molecule has 7 aromatic rings. The Morgan fingerprint density at radius 1 is 0.394 bits per heavy atom. The molecule has 0 aliphatic rings. The summed E-state index contributed by atoms with van der Waals surface area (Å²) in [5.41, 5.74) is 7.21. The van der Waals surface area contributed by atoms with E-state index in [1.807, 2.05) is 0 Å². The molecule has 0 unspecified atom stereocenters. The molecule has 7 rings (SSSR count). The summed E-state index contributed by atoms with van der Waals surface area (Å²) in [6.07, 6.45) is 0. The van der Waals surface area contributed by atoms with Crippen LogP contribution in [0.2, 0.25) is 0 Å². The molecule has 156 valence electrons. The fourth-order valence-electron chi connectivity index (χ4n) is 5.19. The summed E-state index contributed by atoms with van der Waals surface area (Å²) >= 11 is 3.64. The molecule has 0 bridgehead atoms. The van der Waals surface area contributed by atoms with E-state index in [1.54, 1.807) is 0 Å². The Kier molecular flexibility index (Phi) is 4.02. The number of hydrogen-bond acceptors (Lipinski definition) is 0. The third-order valence-corrected chi connectivity index (χ3v) is 7.05. The highest BCUT2D eigenvalue weighted by Crippen LogP contribution is 2.36. The first-order valence-corrected chi connectivity index (χ1v) is 11.9. The van der Waals surface area contributed by atoms with E-state index < -0.39 is 0 Å². The van der Waals surface area contributed by atoms with Gasteiger partial charge in [0.05, 0.1) is 22.1 Å². The van der Waals surface area contributed by atoms with Crippen LogP contribution in [0.1, 0.15) is 0 Å². The zero-order valence-corrected chi connectivity index (χ0v) is 19.3. The van der Waals surface area contributed by atoms with Crippen molar-refractivity contribution in [3.05, 3.63) is 120 Å². The summed E-state index contributed by atoms with van der Waals surface area (Å²) in [7, 11) is 0. The average molecular weight is 487 g/mol. The number of rotatable bonds is 2. The second-order valence-corrected chi connectivity index (χ2v) is 9.32. The van der Waals surface area contributed by atoms with Crippen LogP contribution in [0.4, 0.5) is 0 Å². The topological polar surface area (TPSA) is 9.86 Å². The highest BCUT2D eigenvalue weighted by atomic mass is 79.9. The zero-order chi connectivity index (χ0) is 21.9. The van der Waals surface area contributed by atoms with Gasteiger partial charge in [0.15, 0.2) is 0 Å². The Morgan fingerprint density at radius 3 is 1.45 bits per heavy atom. The first-order valence-electron chi connectivity index (χ1n) is 11.1. The maximum absolute atomic E-state index is 3.64. The maximum atomic E-state index is 3.64. The Bertz CT molecular complexity index is 1780. The van der Waals surface area contributed by atoms with Crippen LogP contribution in [-0.4, -0.2) is 9.13 Å². The predicted molar refractivity (Wildman–Crippen MR) is 143 cm³/mol. The van der Waals surface area contributed by atoms with Crippen LogP contribution >= 0.6 is 15.9 Å². The molecule has 5 aromatic carbocycles. The third kappa shape index (κ3) is 2.73. The monoisotopic (exact) mass is 486 g/mol. The van der Waals surface area contributed by atoms with Crippen LogP contribution in [0.25, 0.3) is 55.0 Å². The van der Waals surface area contributed by atoms with Crippen LogP contribution in [0.3, 0.4) is 0 Å².